The Bertz CT molecular complexity index is 1320. The zero-order valence-electron chi connectivity index (χ0n) is 25.5. The maximum absolute atomic E-state index is 14.4. The van der Waals surface area contributed by atoms with Crippen molar-refractivity contribution < 1.29 is 18.3 Å². The quantitative estimate of drug-likeness (QED) is 0.245. The molecule has 1 fully saturated rings. The average molecular weight is 591 g/mol. The molecule has 2 aliphatic heterocycles. The second-order valence-corrected chi connectivity index (χ2v) is 11.9. The monoisotopic (exact) mass is 590 g/mol. The summed E-state index contributed by atoms with van der Waals surface area (Å²) in [5.41, 5.74) is 0.711. The molecule has 1 amide bonds. The Morgan fingerprint density at radius 2 is 1.79 bits per heavy atom. The summed E-state index contributed by atoms with van der Waals surface area (Å²) in [6.07, 6.45) is 13.6. The molecule has 3 aliphatic rings. The topological polar surface area (TPSA) is 58.0 Å². The van der Waals surface area contributed by atoms with Gasteiger partial charge in [0.15, 0.2) is 5.54 Å². The van der Waals surface area contributed by atoms with Gasteiger partial charge in [-0.25, -0.2) is 18.8 Å². The molecule has 230 valence electrons. The molecule has 43 heavy (non-hydrogen) atoms. The number of likely N-dealkylation sites (tertiary alicyclic amines) is 1. The number of hydrogen-bond acceptors (Lipinski definition) is 5. The third-order valence-electron chi connectivity index (χ3n) is 8.95. The molecule has 0 saturated carbocycles. The number of pyridine rings is 1. The van der Waals surface area contributed by atoms with E-state index in [1.807, 2.05) is 17.2 Å². The smallest absolute Gasteiger partial charge is 0.261 e. The molecule has 1 aliphatic carbocycles. The van der Waals surface area contributed by atoms with Crippen molar-refractivity contribution in [1.82, 2.24) is 14.8 Å². The molecular formula is C35H44F2N4O2. The van der Waals surface area contributed by atoms with E-state index in [-0.39, 0.29) is 23.5 Å². The molecule has 0 bridgehead atoms. The lowest BCUT2D eigenvalue weighted by Gasteiger charge is -2.34. The predicted molar refractivity (Wildman–Crippen MR) is 166 cm³/mol. The van der Waals surface area contributed by atoms with Crippen LogP contribution in [0.1, 0.15) is 82.3 Å². The fraction of sp³-hybridized carbons (Fsp3) is 0.514. The summed E-state index contributed by atoms with van der Waals surface area (Å²) < 4.78 is 33.5. The summed E-state index contributed by atoms with van der Waals surface area (Å²) in [7, 11) is 0. The summed E-state index contributed by atoms with van der Waals surface area (Å²) >= 11 is 0. The fourth-order valence-electron chi connectivity index (χ4n) is 6.51. The largest absolute Gasteiger partial charge is 0.478 e. The summed E-state index contributed by atoms with van der Waals surface area (Å²) in [4.78, 5) is 28.3. The maximum atomic E-state index is 14.4. The molecule has 2 atom stereocenters. The summed E-state index contributed by atoms with van der Waals surface area (Å²) in [6, 6.07) is 10.2. The zero-order valence-corrected chi connectivity index (χ0v) is 25.5. The highest BCUT2D eigenvalue weighted by molar-refractivity contribution is 6.09. The molecule has 3 heterocycles. The van der Waals surface area contributed by atoms with Gasteiger partial charge in [0, 0.05) is 31.1 Å². The van der Waals surface area contributed by atoms with Crippen LogP contribution in [-0.4, -0.2) is 59.3 Å². The normalized spacial score (nSPS) is 23.0. The predicted octanol–water partition coefficient (Wildman–Crippen LogP) is 7.33. The minimum Gasteiger partial charge on any atom is -0.478 e. The van der Waals surface area contributed by atoms with Crippen LogP contribution >= 0.6 is 0 Å². The molecule has 8 heteroatoms. The van der Waals surface area contributed by atoms with E-state index >= 15 is 0 Å². The number of benzene rings is 1. The number of amides is 1. The standard InChI is InChI=1S/C35H44F2N4O2/c1-3-5-7-32-39-35(28-9-13-30(36)14-10-28,29-11-15-31(37)16-12-29)34(42)41(32)21-6-20-40-22-18-26(19-23-40)27-8-17-33(38-25-27)43-24-4-2/h8-11,13-17,25-26,29H,3-7,12,18-24H2,1-2H3. The second kappa shape index (κ2) is 14.4. The molecule has 0 N–H and O–H groups in total. The van der Waals surface area contributed by atoms with Gasteiger partial charge in [0.2, 0.25) is 5.88 Å². The van der Waals surface area contributed by atoms with Crippen molar-refractivity contribution in [2.24, 2.45) is 10.9 Å². The number of nitrogens with zero attached hydrogens (tertiary/aromatic N) is 4. The molecule has 0 radical (unpaired) electrons. The van der Waals surface area contributed by atoms with Crippen LogP contribution in [0.15, 0.2) is 71.6 Å². The Hall–Kier alpha value is -3.39. The van der Waals surface area contributed by atoms with Crippen molar-refractivity contribution in [1.29, 1.82) is 0 Å². The first kappa shape index (κ1) is 31.0. The Labute approximate surface area is 254 Å². The van der Waals surface area contributed by atoms with E-state index < -0.39 is 5.54 Å². The van der Waals surface area contributed by atoms with E-state index in [0.717, 1.165) is 64.0 Å². The number of ether oxygens (including phenoxy) is 1. The van der Waals surface area contributed by atoms with Gasteiger partial charge >= 0.3 is 0 Å². The third-order valence-corrected chi connectivity index (χ3v) is 8.95. The van der Waals surface area contributed by atoms with Gasteiger partial charge in [-0.05, 0) is 99.5 Å². The molecule has 2 unspecified atom stereocenters. The van der Waals surface area contributed by atoms with Crippen LogP contribution in [-0.2, 0) is 10.3 Å². The first-order valence-electron chi connectivity index (χ1n) is 16.0. The van der Waals surface area contributed by atoms with Crippen molar-refractivity contribution in [3.63, 3.8) is 0 Å². The van der Waals surface area contributed by atoms with Gasteiger partial charge in [-0.2, -0.15) is 0 Å². The minimum absolute atomic E-state index is 0.0897. The first-order valence-corrected chi connectivity index (χ1v) is 16.0. The fourth-order valence-corrected chi connectivity index (χ4v) is 6.51. The molecule has 1 aromatic carbocycles. The number of amidine groups is 1. The summed E-state index contributed by atoms with van der Waals surface area (Å²) in [5, 5.41) is 0. The van der Waals surface area contributed by atoms with Gasteiger partial charge in [-0.1, -0.05) is 44.5 Å². The number of allylic oxidation sites excluding steroid dienone is 3. The molecule has 5 rings (SSSR count). The zero-order chi connectivity index (χ0) is 30.2. The number of hydrogen-bond donors (Lipinski definition) is 0. The highest BCUT2D eigenvalue weighted by Gasteiger charge is 2.53. The molecule has 0 spiro atoms. The summed E-state index contributed by atoms with van der Waals surface area (Å²) in [5.74, 6) is 0.877. The number of piperidine rings is 1. The van der Waals surface area contributed by atoms with Gasteiger partial charge in [0.25, 0.3) is 5.91 Å². The first-order chi connectivity index (χ1) is 20.9. The maximum Gasteiger partial charge on any atom is 0.261 e. The van der Waals surface area contributed by atoms with Crippen molar-refractivity contribution in [3.8, 4) is 5.88 Å². The second-order valence-electron chi connectivity index (χ2n) is 11.9. The van der Waals surface area contributed by atoms with Crippen LogP contribution in [0.5, 0.6) is 5.88 Å². The number of halogens is 2. The average Bonchev–Trinajstić information content (AvgIpc) is 3.31. The van der Waals surface area contributed by atoms with Crippen LogP contribution in [0.3, 0.4) is 0 Å². The minimum atomic E-state index is -1.21. The van der Waals surface area contributed by atoms with E-state index in [2.05, 4.69) is 29.8 Å². The van der Waals surface area contributed by atoms with Gasteiger partial charge in [-0.15, -0.1) is 0 Å². The van der Waals surface area contributed by atoms with E-state index in [1.165, 1.54) is 29.8 Å². The number of unbranched alkanes of at least 4 members (excludes halogenated alkanes) is 1. The number of aromatic nitrogens is 1. The highest BCUT2D eigenvalue weighted by atomic mass is 19.1. The lowest BCUT2D eigenvalue weighted by atomic mass is 9.75. The van der Waals surface area contributed by atoms with Crippen LogP contribution in [0, 0.1) is 11.7 Å². The van der Waals surface area contributed by atoms with E-state index in [1.54, 1.807) is 18.2 Å². The van der Waals surface area contributed by atoms with Gasteiger partial charge in [0.1, 0.15) is 17.5 Å². The van der Waals surface area contributed by atoms with Crippen LogP contribution in [0.25, 0.3) is 0 Å². The number of aliphatic imine (C=N–C) groups is 1. The molecule has 2 aromatic rings. The Morgan fingerprint density at radius 1 is 1.00 bits per heavy atom. The SMILES string of the molecule is CCCCC1=NC(c2ccc(F)cc2)(C2C=CC(F)=CC2)C(=O)N1CCCN1CCC(c2ccc(OCCC)nc2)CC1. The van der Waals surface area contributed by atoms with Gasteiger partial charge < -0.3 is 9.64 Å². The Balaban J connectivity index is 1.23. The van der Waals surface area contributed by atoms with E-state index in [9.17, 15) is 13.6 Å². The molecule has 1 saturated heterocycles. The van der Waals surface area contributed by atoms with Crippen molar-refractivity contribution in [2.75, 3.05) is 32.8 Å². The van der Waals surface area contributed by atoms with Gasteiger partial charge in [0.05, 0.1) is 6.61 Å². The van der Waals surface area contributed by atoms with Crippen molar-refractivity contribution >= 4 is 11.7 Å². The van der Waals surface area contributed by atoms with Crippen LogP contribution < -0.4 is 4.74 Å². The van der Waals surface area contributed by atoms with E-state index in [4.69, 9.17) is 9.73 Å². The van der Waals surface area contributed by atoms with Crippen LogP contribution in [0.2, 0.25) is 0 Å². The number of carbonyl (C=O) groups excluding carboxylic acids is 1. The number of carbonyl (C=O) groups is 1. The number of rotatable bonds is 13. The van der Waals surface area contributed by atoms with Crippen molar-refractivity contribution in [2.45, 2.75) is 76.7 Å². The Morgan fingerprint density at radius 3 is 2.44 bits per heavy atom. The lowest BCUT2D eigenvalue weighted by molar-refractivity contribution is -0.133. The lowest BCUT2D eigenvalue weighted by Crippen LogP contribution is -2.46. The van der Waals surface area contributed by atoms with E-state index in [0.29, 0.717) is 43.4 Å². The summed E-state index contributed by atoms with van der Waals surface area (Å²) in [6.45, 7) is 8.39. The molecule has 6 nitrogen and oxygen atoms in total. The third kappa shape index (κ3) is 7.06. The van der Waals surface area contributed by atoms with Gasteiger partial charge in [-0.3, -0.25) is 9.69 Å². The Kier molecular flexibility index (Phi) is 10.4. The molecule has 1 aromatic heterocycles. The highest BCUT2D eigenvalue weighted by Crippen LogP contribution is 2.45. The van der Waals surface area contributed by atoms with Crippen LogP contribution in [0.4, 0.5) is 8.78 Å². The molecular weight excluding hydrogens is 546 g/mol. The van der Waals surface area contributed by atoms with Crippen molar-refractivity contribution in [3.05, 3.63) is 83.6 Å².